The maximum absolute atomic E-state index is 12.4. The van der Waals surface area contributed by atoms with E-state index in [-0.39, 0.29) is 18.2 Å². The van der Waals surface area contributed by atoms with Crippen molar-refractivity contribution in [2.75, 3.05) is 6.54 Å². The van der Waals surface area contributed by atoms with Gasteiger partial charge in [-0.3, -0.25) is 14.9 Å². The third kappa shape index (κ3) is 2.81. The molecule has 26 heavy (non-hydrogen) atoms. The van der Waals surface area contributed by atoms with Crippen LogP contribution >= 0.6 is 0 Å². The Morgan fingerprint density at radius 2 is 2.04 bits per heavy atom. The van der Waals surface area contributed by atoms with E-state index >= 15 is 0 Å². The first kappa shape index (κ1) is 16.2. The number of nitrogens with one attached hydrogen (secondary N) is 3. The van der Waals surface area contributed by atoms with E-state index in [2.05, 4.69) is 26.1 Å². The van der Waals surface area contributed by atoms with Crippen LogP contribution in [0, 0.1) is 12.8 Å². The van der Waals surface area contributed by atoms with Gasteiger partial charge in [0, 0.05) is 0 Å². The van der Waals surface area contributed by atoms with Crippen molar-refractivity contribution in [2.45, 2.75) is 25.3 Å². The Hall–Kier alpha value is -3.23. The molecule has 1 atom stereocenters. The number of imide groups is 1. The van der Waals surface area contributed by atoms with Gasteiger partial charge in [0.05, 0.1) is 18.4 Å². The van der Waals surface area contributed by atoms with Gasteiger partial charge >= 0.3 is 6.03 Å². The van der Waals surface area contributed by atoms with Gasteiger partial charge in [0.15, 0.2) is 5.69 Å². The third-order valence-corrected chi connectivity index (χ3v) is 4.76. The zero-order valence-corrected chi connectivity index (χ0v) is 14.2. The molecule has 1 aromatic carbocycles. The monoisotopic (exact) mass is 354 g/mol. The van der Waals surface area contributed by atoms with Crippen LogP contribution in [0.15, 0.2) is 30.5 Å². The van der Waals surface area contributed by atoms with Gasteiger partial charge in [0.25, 0.3) is 11.8 Å². The molecule has 2 fully saturated rings. The number of carbonyl (C=O) groups is 3. The summed E-state index contributed by atoms with van der Waals surface area (Å²) in [5.41, 5.74) is 0.925. The largest absolute Gasteiger partial charge is 0.348 e. The highest BCUT2D eigenvalue weighted by Gasteiger charge is 2.56. The minimum Gasteiger partial charge on any atom is -0.348 e. The molecule has 1 aliphatic carbocycles. The summed E-state index contributed by atoms with van der Waals surface area (Å²) >= 11 is 0. The molecule has 2 heterocycles. The molecule has 1 aliphatic heterocycles. The first-order valence-corrected chi connectivity index (χ1v) is 8.39. The minimum absolute atomic E-state index is 0.0193. The molecule has 4 rings (SSSR count). The van der Waals surface area contributed by atoms with Gasteiger partial charge in [0.2, 0.25) is 0 Å². The van der Waals surface area contributed by atoms with E-state index in [1.807, 2.05) is 31.2 Å². The molecular weight excluding hydrogens is 336 g/mol. The number of benzene rings is 1. The van der Waals surface area contributed by atoms with Crippen molar-refractivity contribution < 1.29 is 14.4 Å². The second-order valence-electron chi connectivity index (χ2n) is 6.69. The molecule has 0 spiro atoms. The van der Waals surface area contributed by atoms with Gasteiger partial charge in [-0.25, -0.2) is 4.79 Å². The summed E-state index contributed by atoms with van der Waals surface area (Å²) in [6, 6.07) is 7.05. The zero-order chi connectivity index (χ0) is 18.3. The van der Waals surface area contributed by atoms with E-state index in [4.69, 9.17) is 0 Å². The Balaban J connectivity index is 1.46. The molecule has 0 radical (unpaired) electrons. The topological polar surface area (TPSA) is 118 Å². The van der Waals surface area contributed by atoms with Gasteiger partial charge in [-0.15, -0.1) is 5.10 Å². The number of rotatable bonds is 5. The Morgan fingerprint density at radius 1 is 1.31 bits per heavy atom. The fourth-order valence-corrected chi connectivity index (χ4v) is 3.12. The van der Waals surface area contributed by atoms with Crippen LogP contribution in [0.1, 0.15) is 28.9 Å². The van der Waals surface area contributed by atoms with Gasteiger partial charge in [-0.2, -0.15) is 9.90 Å². The summed E-state index contributed by atoms with van der Waals surface area (Å²) in [6.07, 6.45) is 3.05. The molecule has 1 saturated carbocycles. The quantitative estimate of drug-likeness (QED) is 0.667. The number of aryl methyl sites for hydroxylation is 1. The Labute approximate surface area is 149 Å². The number of nitrogens with zero attached hydrogens (tertiary/aromatic N) is 3. The van der Waals surface area contributed by atoms with Crippen molar-refractivity contribution in [3.05, 3.63) is 41.7 Å². The van der Waals surface area contributed by atoms with Gasteiger partial charge < -0.3 is 10.6 Å². The standard InChI is InChI=1S/C17H18N6O3/c1-10-2-6-12(7-3-10)23-19-8-13(22-23)14(24)18-9-17(11-4-5-11)15(25)20-16(26)21-17/h2-3,6-8,11H,4-5,9H2,1H3,(H,18,24)(H2,20,21,25,26)/t17-/m0/s1. The van der Waals surface area contributed by atoms with E-state index in [9.17, 15) is 14.4 Å². The second-order valence-corrected chi connectivity index (χ2v) is 6.69. The number of aromatic nitrogens is 3. The summed E-state index contributed by atoms with van der Waals surface area (Å²) in [5.74, 6) is -0.802. The van der Waals surface area contributed by atoms with Crippen LogP contribution < -0.4 is 16.0 Å². The molecule has 9 heteroatoms. The lowest BCUT2D eigenvalue weighted by molar-refractivity contribution is -0.124. The van der Waals surface area contributed by atoms with Crippen molar-refractivity contribution in [1.29, 1.82) is 0 Å². The smallest absolute Gasteiger partial charge is 0.322 e. The van der Waals surface area contributed by atoms with Crippen molar-refractivity contribution in [3.63, 3.8) is 0 Å². The molecule has 3 N–H and O–H groups in total. The molecular formula is C17H18N6O3. The van der Waals surface area contributed by atoms with Gasteiger partial charge in [0.1, 0.15) is 5.54 Å². The molecule has 2 aromatic rings. The zero-order valence-electron chi connectivity index (χ0n) is 14.2. The van der Waals surface area contributed by atoms with Crippen LogP contribution in [-0.2, 0) is 4.79 Å². The molecule has 1 saturated heterocycles. The summed E-state index contributed by atoms with van der Waals surface area (Å²) in [6.45, 7) is 2.00. The number of hydrogen-bond acceptors (Lipinski definition) is 5. The lowest BCUT2D eigenvalue weighted by Gasteiger charge is -2.25. The molecule has 4 amide bonds. The van der Waals surface area contributed by atoms with Crippen molar-refractivity contribution in [3.8, 4) is 5.69 Å². The molecule has 0 bridgehead atoms. The van der Waals surface area contributed by atoms with Crippen LogP contribution in [-0.4, -0.2) is 44.9 Å². The van der Waals surface area contributed by atoms with Crippen LogP contribution in [0.2, 0.25) is 0 Å². The maximum atomic E-state index is 12.4. The fourth-order valence-electron chi connectivity index (χ4n) is 3.12. The van der Waals surface area contributed by atoms with E-state index in [0.29, 0.717) is 0 Å². The van der Waals surface area contributed by atoms with Crippen molar-refractivity contribution >= 4 is 17.8 Å². The average Bonchev–Trinajstić information content (AvgIpc) is 3.28. The van der Waals surface area contributed by atoms with E-state index < -0.39 is 23.4 Å². The highest BCUT2D eigenvalue weighted by Crippen LogP contribution is 2.41. The average molecular weight is 354 g/mol. The molecule has 9 nitrogen and oxygen atoms in total. The predicted octanol–water partition coefficient (Wildman–Crippen LogP) is 0.294. The van der Waals surface area contributed by atoms with Gasteiger partial charge in [-0.05, 0) is 37.8 Å². The fraction of sp³-hybridized carbons (Fsp3) is 0.353. The number of carbonyl (C=O) groups excluding carboxylic acids is 3. The maximum Gasteiger partial charge on any atom is 0.322 e. The number of urea groups is 1. The predicted molar refractivity (Wildman–Crippen MR) is 90.6 cm³/mol. The van der Waals surface area contributed by atoms with Crippen molar-refractivity contribution in [1.82, 2.24) is 30.9 Å². The third-order valence-electron chi connectivity index (χ3n) is 4.76. The van der Waals surface area contributed by atoms with Crippen LogP contribution in [0.5, 0.6) is 0 Å². The highest BCUT2D eigenvalue weighted by molar-refractivity contribution is 6.08. The summed E-state index contributed by atoms with van der Waals surface area (Å²) < 4.78 is 0. The van der Waals surface area contributed by atoms with E-state index in [1.165, 1.54) is 11.0 Å². The van der Waals surface area contributed by atoms with Crippen LogP contribution in [0.3, 0.4) is 0 Å². The Morgan fingerprint density at radius 3 is 2.65 bits per heavy atom. The lowest BCUT2D eigenvalue weighted by Crippen LogP contribution is -2.57. The SMILES string of the molecule is Cc1ccc(-n2ncc(C(=O)NC[C@@]3(C4CC4)NC(=O)NC3=O)n2)cc1. The summed E-state index contributed by atoms with van der Waals surface area (Å²) in [5, 5.41) is 15.9. The minimum atomic E-state index is -1.07. The Kier molecular flexibility index (Phi) is 3.71. The molecule has 2 aliphatic rings. The van der Waals surface area contributed by atoms with Crippen LogP contribution in [0.25, 0.3) is 5.69 Å². The Bertz CT molecular complexity index is 886. The second kappa shape index (κ2) is 5.94. The number of hydrogen-bond donors (Lipinski definition) is 3. The summed E-state index contributed by atoms with van der Waals surface area (Å²) in [7, 11) is 0. The first-order valence-electron chi connectivity index (χ1n) is 8.39. The van der Waals surface area contributed by atoms with Crippen molar-refractivity contribution in [2.24, 2.45) is 5.92 Å². The highest BCUT2D eigenvalue weighted by atomic mass is 16.2. The van der Waals surface area contributed by atoms with E-state index in [0.717, 1.165) is 24.1 Å². The molecule has 134 valence electrons. The first-order chi connectivity index (χ1) is 12.5. The molecule has 1 aromatic heterocycles. The lowest BCUT2D eigenvalue weighted by atomic mass is 9.93. The van der Waals surface area contributed by atoms with E-state index in [1.54, 1.807) is 0 Å². The van der Waals surface area contributed by atoms with Gasteiger partial charge in [-0.1, -0.05) is 17.7 Å². The van der Waals surface area contributed by atoms with Crippen LogP contribution in [0.4, 0.5) is 4.79 Å². The summed E-state index contributed by atoms with van der Waals surface area (Å²) in [4.78, 5) is 37.5. The normalized spacial score (nSPS) is 22.0. The molecule has 0 unspecified atom stereocenters. The number of amides is 4.